The molecule has 5 nitrogen and oxygen atoms in total. The van der Waals surface area contributed by atoms with Gasteiger partial charge in [0, 0.05) is 19.3 Å². The van der Waals surface area contributed by atoms with E-state index in [0.717, 1.165) is 0 Å². The number of carbonyl (C=O) groups is 1. The number of H-pyrrole nitrogens is 1. The number of aliphatic hydroxyl groups is 2. The lowest BCUT2D eigenvalue weighted by Crippen LogP contribution is -2.36. The van der Waals surface area contributed by atoms with E-state index in [0.29, 0.717) is 10.7 Å². The van der Waals surface area contributed by atoms with Gasteiger partial charge in [-0.3, -0.25) is 4.79 Å². The zero-order chi connectivity index (χ0) is 11.3. The molecule has 3 N–H and O–H groups in total. The molecular formula is C9H13ClN2O3. The molecule has 1 rings (SSSR count). The molecule has 0 aliphatic heterocycles. The molecule has 0 bridgehead atoms. The van der Waals surface area contributed by atoms with E-state index in [1.807, 2.05) is 0 Å². The number of halogens is 1. The Morgan fingerprint density at radius 2 is 2.00 bits per heavy atom. The molecule has 6 heteroatoms. The number of amides is 1. The van der Waals surface area contributed by atoms with Gasteiger partial charge in [0.25, 0.3) is 5.91 Å². The first-order valence-electron chi connectivity index (χ1n) is 4.54. The quantitative estimate of drug-likeness (QED) is 0.674. The Morgan fingerprint density at radius 1 is 1.40 bits per heavy atom. The van der Waals surface area contributed by atoms with Crippen molar-refractivity contribution in [3.05, 3.63) is 23.0 Å². The lowest BCUT2D eigenvalue weighted by Gasteiger charge is -2.19. The zero-order valence-corrected chi connectivity index (χ0v) is 8.87. The molecule has 0 saturated carbocycles. The zero-order valence-electron chi connectivity index (χ0n) is 8.11. The summed E-state index contributed by atoms with van der Waals surface area (Å²) in [5.41, 5.74) is 0.349. The number of aromatic amines is 1. The van der Waals surface area contributed by atoms with Crippen LogP contribution >= 0.6 is 11.6 Å². The third-order valence-electron chi connectivity index (χ3n) is 1.91. The fraction of sp³-hybridized carbons (Fsp3) is 0.444. The van der Waals surface area contributed by atoms with E-state index in [1.165, 1.54) is 17.2 Å². The fourth-order valence-corrected chi connectivity index (χ4v) is 1.38. The summed E-state index contributed by atoms with van der Waals surface area (Å²) in [5, 5.41) is 18.0. The van der Waals surface area contributed by atoms with Crippen LogP contribution in [0.4, 0.5) is 0 Å². The van der Waals surface area contributed by atoms with E-state index in [-0.39, 0.29) is 32.2 Å². The maximum atomic E-state index is 11.8. The van der Waals surface area contributed by atoms with Gasteiger partial charge in [0.2, 0.25) is 0 Å². The second kappa shape index (κ2) is 5.75. The lowest BCUT2D eigenvalue weighted by atomic mass is 10.3. The Morgan fingerprint density at radius 3 is 2.40 bits per heavy atom. The van der Waals surface area contributed by atoms with E-state index in [2.05, 4.69) is 4.98 Å². The topological polar surface area (TPSA) is 76.6 Å². The number of hydrogen-bond donors (Lipinski definition) is 3. The predicted molar refractivity (Wildman–Crippen MR) is 55.9 cm³/mol. The van der Waals surface area contributed by atoms with Gasteiger partial charge in [0.15, 0.2) is 0 Å². The van der Waals surface area contributed by atoms with Crippen LogP contribution in [0.3, 0.4) is 0 Å². The van der Waals surface area contributed by atoms with Crippen molar-refractivity contribution in [1.29, 1.82) is 0 Å². The Labute approximate surface area is 92.3 Å². The van der Waals surface area contributed by atoms with Crippen LogP contribution in [0, 0.1) is 0 Å². The molecule has 0 spiro atoms. The van der Waals surface area contributed by atoms with Gasteiger partial charge in [-0.15, -0.1) is 0 Å². The van der Waals surface area contributed by atoms with Crippen LogP contribution in [0.2, 0.25) is 5.02 Å². The maximum absolute atomic E-state index is 11.8. The van der Waals surface area contributed by atoms with E-state index in [9.17, 15) is 4.79 Å². The van der Waals surface area contributed by atoms with Gasteiger partial charge in [-0.05, 0) is 6.07 Å². The SMILES string of the molecule is O=C(c1cc(Cl)c[nH]1)N(CCO)CCO. The second-order valence-electron chi connectivity index (χ2n) is 2.97. The van der Waals surface area contributed by atoms with Crippen molar-refractivity contribution in [2.75, 3.05) is 26.3 Å². The molecule has 0 aromatic carbocycles. The van der Waals surface area contributed by atoms with Gasteiger partial charge in [-0.25, -0.2) is 0 Å². The molecule has 1 heterocycles. The third kappa shape index (κ3) is 3.23. The van der Waals surface area contributed by atoms with Gasteiger partial charge >= 0.3 is 0 Å². The van der Waals surface area contributed by atoms with Crippen molar-refractivity contribution in [2.24, 2.45) is 0 Å². The number of nitrogens with one attached hydrogen (secondary N) is 1. The van der Waals surface area contributed by atoms with Crippen LogP contribution < -0.4 is 0 Å². The summed E-state index contributed by atoms with van der Waals surface area (Å²) >= 11 is 5.66. The monoisotopic (exact) mass is 232 g/mol. The Hall–Kier alpha value is -1.04. The van der Waals surface area contributed by atoms with Crippen molar-refractivity contribution in [3.8, 4) is 0 Å². The summed E-state index contributed by atoms with van der Waals surface area (Å²) in [6, 6.07) is 1.51. The Balaban J connectivity index is 2.71. The summed E-state index contributed by atoms with van der Waals surface area (Å²) < 4.78 is 0. The average molecular weight is 233 g/mol. The molecule has 1 aromatic heterocycles. The van der Waals surface area contributed by atoms with Crippen LogP contribution in [0.15, 0.2) is 12.3 Å². The second-order valence-corrected chi connectivity index (χ2v) is 3.41. The summed E-state index contributed by atoms with van der Waals surface area (Å²) in [6.45, 7) is 0.104. The molecule has 15 heavy (non-hydrogen) atoms. The number of aliphatic hydroxyl groups excluding tert-OH is 2. The molecule has 84 valence electrons. The normalized spacial score (nSPS) is 10.3. The Bertz CT molecular complexity index is 321. The van der Waals surface area contributed by atoms with E-state index >= 15 is 0 Å². The number of aromatic nitrogens is 1. The van der Waals surface area contributed by atoms with E-state index in [1.54, 1.807) is 0 Å². The van der Waals surface area contributed by atoms with E-state index in [4.69, 9.17) is 21.8 Å². The van der Waals surface area contributed by atoms with Crippen molar-refractivity contribution in [1.82, 2.24) is 9.88 Å². The lowest BCUT2D eigenvalue weighted by molar-refractivity contribution is 0.0679. The molecule has 0 atom stereocenters. The fourth-order valence-electron chi connectivity index (χ4n) is 1.22. The average Bonchev–Trinajstić information content (AvgIpc) is 2.63. The minimum Gasteiger partial charge on any atom is -0.395 e. The number of carbonyl (C=O) groups excluding carboxylic acids is 1. The van der Waals surface area contributed by atoms with Gasteiger partial charge in [-0.2, -0.15) is 0 Å². The first-order chi connectivity index (χ1) is 7.19. The minimum atomic E-state index is -0.287. The van der Waals surface area contributed by atoms with Crippen LogP contribution in [-0.2, 0) is 0 Å². The molecule has 0 radical (unpaired) electrons. The summed E-state index contributed by atoms with van der Waals surface area (Å²) in [7, 11) is 0. The smallest absolute Gasteiger partial charge is 0.270 e. The summed E-state index contributed by atoms with van der Waals surface area (Å²) in [4.78, 5) is 15.8. The van der Waals surface area contributed by atoms with Crippen LogP contribution in [0.25, 0.3) is 0 Å². The summed E-state index contributed by atoms with van der Waals surface area (Å²) in [5.74, 6) is -0.287. The molecule has 0 fully saturated rings. The number of hydrogen-bond acceptors (Lipinski definition) is 3. The van der Waals surface area contributed by atoms with Crippen LogP contribution in [-0.4, -0.2) is 52.3 Å². The maximum Gasteiger partial charge on any atom is 0.270 e. The van der Waals surface area contributed by atoms with Gasteiger partial charge in [0.05, 0.1) is 18.2 Å². The molecule has 0 aliphatic carbocycles. The molecule has 1 amide bonds. The largest absolute Gasteiger partial charge is 0.395 e. The van der Waals surface area contributed by atoms with Gasteiger partial charge in [-0.1, -0.05) is 11.6 Å². The van der Waals surface area contributed by atoms with Gasteiger partial charge in [0.1, 0.15) is 5.69 Å². The minimum absolute atomic E-state index is 0.139. The van der Waals surface area contributed by atoms with Crippen molar-refractivity contribution in [3.63, 3.8) is 0 Å². The molecule has 1 aromatic rings. The van der Waals surface area contributed by atoms with Crippen molar-refractivity contribution >= 4 is 17.5 Å². The predicted octanol–water partition coefficient (Wildman–Crippen LogP) is 0.0949. The highest BCUT2D eigenvalue weighted by atomic mass is 35.5. The first-order valence-corrected chi connectivity index (χ1v) is 4.91. The highest BCUT2D eigenvalue weighted by molar-refractivity contribution is 6.30. The molecule has 0 unspecified atom stereocenters. The number of rotatable bonds is 5. The number of nitrogens with zero attached hydrogens (tertiary/aromatic N) is 1. The van der Waals surface area contributed by atoms with Crippen molar-refractivity contribution < 1.29 is 15.0 Å². The van der Waals surface area contributed by atoms with Gasteiger partial charge < -0.3 is 20.1 Å². The highest BCUT2D eigenvalue weighted by Crippen LogP contribution is 2.11. The molecular weight excluding hydrogens is 220 g/mol. The third-order valence-corrected chi connectivity index (χ3v) is 2.12. The molecule has 0 aliphatic rings. The summed E-state index contributed by atoms with van der Waals surface area (Å²) in [6.07, 6.45) is 1.50. The standard InChI is InChI=1S/C9H13ClN2O3/c10-7-5-8(11-6-7)9(15)12(1-3-13)2-4-14/h5-6,11,13-14H,1-4H2. The van der Waals surface area contributed by atoms with Crippen LogP contribution in [0.1, 0.15) is 10.5 Å². The van der Waals surface area contributed by atoms with E-state index < -0.39 is 0 Å². The van der Waals surface area contributed by atoms with Crippen LogP contribution in [0.5, 0.6) is 0 Å². The van der Waals surface area contributed by atoms with Crippen molar-refractivity contribution in [2.45, 2.75) is 0 Å². The first kappa shape index (κ1) is 12.0. The Kier molecular flexibility index (Phi) is 4.61. The molecule has 0 saturated heterocycles. The highest BCUT2D eigenvalue weighted by Gasteiger charge is 2.15.